The van der Waals surface area contributed by atoms with Crippen LogP contribution in [0.4, 0.5) is 0 Å². The minimum Gasteiger partial charge on any atom is -0.465 e. The Bertz CT molecular complexity index is 386. The largest absolute Gasteiger partial charge is 0.465 e. The quantitative estimate of drug-likeness (QED) is 0.535. The second kappa shape index (κ2) is 7.09. The average molecular weight is 365 g/mol. The molecule has 5 nitrogen and oxygen atoms in total. The maximum atomic E-state index is 11.9. The van der Waals surface area contributed by atoms with Crippen molar-refractivity contribution in [1.82, 2.24) is 0 Å². The molecule has 0 bridgehead atoms. The molecule has 1 rings (SSSR count). The molecule has 0 amide bonds. The summed E-state index contributed by atoms with van der Waals surface area (Å²) in [4.78, 5) is 23.4. The Balaban J connectivity index is 2.27. The van der Waals surface area contributed by atoms with Gasteiger partial charge >= 0.3 is 11.9 Å². The van der Waals surface area contributed by atoms with E-state index in [2.05, 4.69) is 15.9 Å². The van der Waals surface area contributed by atoms with Crippen molar-refractivity contribution >= 4 is 27.9 Å². The van der Waals surface area contributed by atoms with Crippen LogP contribution in [0.1, 0.15) is 41.0 Å². The normalized spacial score (nSPS) is 22.7. The van der Waals surface area contributed by atoms with Crippen LogP contribution >= 0.6 is 15.9 Å². The smallest absolute Gasteiger partial charge is 0.322 e. The van der Waals surface area contributed by atoms with Crippen LogP contribution in [0.2, 0.25) is 0 Å². The maximum absolute atomic E-state index is 11.9. The van der Waals surface area contributed by atoms with E-state index in [4.69, 9.17) is 14.2 Å². The molecule has 2 unspecified atom stereocenters. The molecule has 1 fully saturated rings. The lowest BCUT2D eigenvalue weighted by atomic mass is 9.99. The number of rotatable bonds is 6. The van der Waals surface area contributed by atoms with Crippen molar-refractivity contribution < 1.29 is 23.8 Å². The Morgan fingerprint density at radius 1 is 1.38 bits per heavy atom. The number of hydrogen-bond donors (Lipinski definition) is 0. The fourth-order valence-electron chi connectivity index (χ4n) is 2.05. The first-order chi connectivity index (χ1) is 9.51. The summed E-state index contributed by atoms with van der Waals surface area (Å²) in [6.45, 7) is 10.1. The van der Waals surface area contributed by atoms with E-state index in [1.165, 1.54) is 0 Å². The number of alkyl halides is 1. The van der Waals surface area contributed by atoms with E-state index in [0.29, 0.717) is 13.2 Å². The molecule has 2 atom stereocenters. The Labute approximate surface area is 134 Å². The van der Waals surface area contributed by atoms with E-state index in [1.54, 1.807) is 20.8 Å². The molecule has 0 radical (unpaired) electrons. The molecule has 122 valence electrons. The van der Waals surface area contributed by atoms with Crippen LogP contribution in [-0.2, 0) is 23.8 Å². The van der Waals surface area contributed by atoms with Gasteiger partial charge < -0.3 is 14.2 Å². The third kappa shape index (κ3) is 6.34. The van der Waals surface area contributed by atoms with Gasteiger partial charge in [0.15, 0.2) is 0 Å². The zero-order chi connectivity index (χ0) is 16.3. The third-order valence-electron chi connectivity index (χ3n) is 3.30. The van der Waals surface area contributed by atoms with E-state index in [0.717, 1.165) is 6.42 Å². The van der Waals surface area contributed by atoms with E-state index in [-0.39, 0.29) is 24.1 Å². The monoisotopic (exact) mass is 364 g/mol. The van der Waals surface area contributed by atoms with Crippen LogP contribution in [0.15, 0.2) is 0 Å². The van der Waals surface area contributed by atoms with Crippen molar-refractivity contribution in [1.29, 1.82) is 0 Å². The summed E-state index contributed by atoms with van der Waals surface area (Å²) < 4.78 is 15.2. The lowest BCUT2D eigenvalue weighted by molar-refractivity contribution is -0.155. The Morgan fingerprint density at radius 3 is 2.48 bits per heavy atom. The zero-order valence-corrected chi connectivity index (χ0v) is 15.0. The highest BCUT2D eigenvalue weighted by Crippen LogP contribution is 2.29. The molecule has 21 heavy (non-hydrogen) atoms. The van der Waals surface area contributed by atoms with Crippen LogP contribution in [0, 0.1) is 11.8 Å². The van der Waals surface area contributed by atoms with Crippen LogP contribution in [0.5, 0.6) is 0 Å². The Morgan fingerprint density at radius 2 is 2.00 bits per heavy atom. The maximum Gasteiger partial charge on any atom is 0.322 e. The van der Waals surface area contributed by atoms with Crippen molar-refractivity contribution in [2.24, 2.45) is 11.8 Å². The standard InChI is InChI=1S/C15H25BrO5/c1-10(7-20-13(18)15(4,5)16)12(17)19-8-11-6-14(2,3)21-9-11/h10-11H,6-9H2,1-5H3. The van der Waals surface area contributed by atoms with Gasteiger partial charge in [-0.05, 0) is 41.0 Å². The van der Waals surface area contributed by atoms with Crippen LogP contribution < -0.4 is 0 Å². The molecule has 1 aliphatic rings. The minimum atomic E-state index is -0.747. The molecule has 0 aliphatic carbocycles. The average Bonchev–Trinajstić information content (AvgIpc) is 2.71. The summed E-state index contributed by atoms with van der Waals surface area (Å²) in [7, 11) is 0. The molecule has 1 heterocycles. The molecule has 1 aliphatic heterocycles. The predicted octanol–water partition coefficient (Wildman–Crippen LogP) is 2.70. The predicted molar refractivity (Wildman–Crippen MR) is 82.2 cm³/mol. The van der Waals surface area contributed by atoms with Gasteiger partial charge in [-0.25, -0.2) is 0 Å². The number of carbonyl (C=O) groups is 2. The van der Waals surface area contributed by atoms with Gasteiger partial charge in [-0.3, -0.25) is 9.59 Å². The van der Waals surface area contributed by atoms with Gasteiger partial charge in [-0.1, -0.05) is 15.9 Å². The Hall–Kier alpha value is -0.620. The summed E-state index contributed by atoms with van der Waals surface area (Å²) in [6.07, 6.45) is 0.876. The van der Waals surface area contributed by atoms with Gasteiger partial charge in [-0.15, -0.1) is 0 Å². The second-order valence-electron chi connectivity index (χ2n) is 6.74. The van der Waals surface area contributed by atoms with Crippen LogP contribution in [0.25, 0.3) is 0 Å². The van der Waals surface area contributed by atoms with E-state index in [1.807, 2.05) is 13.8 Å². The van der Waals surface area contributed by atoms with E-state index in [9.17, 15) is 9.59 Å². The Kier molecular flexibility index (Phi) is 6.23. The second-order valence-corrected chi connectivity index (χ2v) is 8.73. The first kappa shape index (κ1) is 18.4. The lowest BCUT2D eigenvalue weighted by Gasteiger charge is -2.18. The number of esters is 2. The summed E-state index contributed by atoms with van der Waals surface area (Å²) in [5.41, 5.74) is -0.139. The van der Waals surface area contributed by atoms with Gasteiger partial charge in [0, 0.05) is 5.92 Å². The summed E-state index contributed by atoms with van der Waals surface area (Å²) >= 11 is 3.21. The third-order valence-corrected chi connectivity index (χ3v) is 3.63. The van der Waals surface area contributed by atoms with Gasteiger partial charge in [0.1, 0.15) is 10.9 Å². The van der Waals surface area contributed by atoms with Gasteiger partial charge in [0.2, 0.25) is 0 Å². The van der Waals surface area contributed by atoms with Crippen molar-refractivity contribution in [3.63, 3.8) is 0 Å². The van der Waals surface area contributed by atoms with Gasteiger partial charge in [-0.2, -0.15) is 0 Å². The molecule has 0 spiro atoms. The van der Waals surface area contributed by atoms with Crippen molar-refractivity contribution in [2.45, 2.75) is 51.0 Å². The molecule has 1 saturated heterocycles. The first-order valence-electron chi connectivity index (χ1n) is 7.18. The molecule has 0 aromatic carbocycles. The lowest BCUT2D eigenvalue weighted by Crippen LogP contribution is -2.30. The molecule has 0 aromatic rings. The first-order valence-corrected chi connectivity index (χ1v) is 7.97. The number of ether oxygens (including phenoxy) is 3. The summed E-state index contributed by atoms with van der Waals surface area (Å²) in [6, 6.07) is 0. The fourth-order valence-corrected chi connectivity index (χ4v) is 2.16. The van der Waals surface area contributed by atoms with E-state index < -0.39 is 16.2 Å². The van der Waals surface area contributed by atoms with Crippen molar-refractivity contribution in [2.75, 3.05) is 19.8 Å². The van der Waals surface area contributed by atoms with Crippen LogP contribution in [0.3, 0.4) is 0 Å². The van der Waals surface area contributed by atoms with E-state index >= 15 is 0 Å². The molecular formula is C15H25BrO5. The highest BCUT2D eigenvalue weighted by Gasteiger charge is 2.33. The fraction of sp³-hybridized carbons (Fsp3) is 0.867. The SMILES string of the molecule is CC(COC(=O)C(C)(C)Br)C(=O)OCC1COC(C)(C)C1. The number of hydrogen-bond acceptors (Lipinski definition) is 5. The number of carbonyl (C=O) groups excluding carboxylic acids is 2. The minimum absolute atomic E-state index is 0.0271. The molecule has 0 aromatic heterocycles. The van der Waals surface area contributed by atoms with Gasteiger partial charge in [0.25, 0.3) is 0 Å². The highest BCUT2D eigenvalue weighted by atomic mass is 79.9. The molecule has 0 N–H and O–H groups in total. The van der Waals surface area contributed by atoms with Crippen LogP contribution in [-0.4, -0.2) is 41.7 Å². The topological polar surface area (TPSA) is 61.8 Å². The number of halogens is 1. The zero-order valence-electron chi connectivity index (χ0n) is 13.4. The van der Waals surface area contributed by atoms with Crippen molar-refractivity contribution in [3.8, 4) is 0 Å². The van der Waals surface area contributed by atoms with Gasteiger partial charge in [0.05, 0.1) is 24.7 Å². The molecular weight excluding hydrogens is 340 g/mol. The summed E-state index contributed by atoms with van der Waals surface area (Å²) in [5.74, 6) is -0.979. The summed E-state index contributed by atoms with van der Waals surface area (Å²) in [5, 5.41) is 0. The van der Waals surface area contributed by atoms with Crippen molar-refractivity contribution in [3.05, 3.63) is 0 Å². The highest BCUT2D eigenvalue weighted by molar-refractivity contribution is 9.10. The molecule has 0 saturated carbocycles. The molecule has 6 heteroatoms.